The van der Waals surface area contributed by atoms with Crippen molar-refractivity contribution in [3.05, 3.63) is 77.6 Å². The van der Waals surface area contributed by atoms with Crippen LogP contribution in [-0.4, -0.2) is 71.6 Å². The Kier molecular flexibility index (Phi) is 8.45. The fraction of sp³-hybridized carbons (Fsp3) is 0.344. The Hall–Kier alpha value is -4.17. The number of pyridine rings is 1. The normalized spacial score (nSPS) is 13.8. The molecule has 0 radical (unpaired) electrons. The van der Waals surface area contributed by atoms with Gasteiger partial charge >= 0.3 is 0 Å². The average molecular weight is 544 g/mol. The van der Waals surface area contributed by atoms with Gasteiger partial charge in [0.1, 0.15) is 5.75 Å². The lowest BCUT2D eigenvalue weighted by Crippen LogP contribution is -2.46. The van der Waals surface area contributed by atoms with Crippen LogP contribution in [0.25, 0.3) is 10.8 Å². The third kappa shape index (κ3) is 5.72. The summed E-state index contributed by atoms with van der Waals surface area (Å²) in [4.78, 5) is 9.87. The molecule has 4 aromatic rings. The van der Waals surface area contributed by atoms with Crippen molar-refractivity contribution in [3.8, 4) is 28.7 Å². The van der Waals surface area contributed by atoms with Gasteiger partial charge in [-0.05, 0) is 65.0 Å². The molecule has 2 heterocycles. The summed E-state index contributed by atoms with van der Waals surface area (Å²) in [6.45, 7) is 4.67. The van der Waals surface area contributed by atoms with Crippen LogP contribution in [0.3, 0.4) is 0 Å². The van der Waals surface area contributed by atoms with E-state index in [4.69, 9.17) is 28.7 Å². The second-order valence-electron chi connectivity index (χ2n) is 9.81. The minimum absolute atomic E-state index is 0.646. The lowest BCUT2D eigenvalue weighted by molar-refractivity contribution is 0.250. The van der Waals surface area contributed by atoms with E-state index in [0.29, 0.717) is 29.4 Å². The number of ether oxygens (including phenoxy) is 5. The van der Waals surface area contributed by atoms with E-state index in [2.05, 4.69) is 28.0 Å². The molecular formula is C32H37N3O5. The predicted octanol–water partition coefficient (Wildman–Crippen LogP) is 5.19. The van der Waals surface area contributed by atoms with Gasteiger partial charge in [0.15, 0.2) is 23.0 Å². The molecule has 0 aliphatic carbocycles. The molecule has 0 N–H and O–H groups in total. The molecule has 40 heavy (non-hydrogen) atoms. The standard InChI is InChI=1S/C32H37N3O5/c1-36-25-9-7-24(8-10-25)35-14-12-34(13-15-35)21-23-20-33-28(16-22-6-11-29(37-2)30(17-22)38-3)27-19-32(40-5)31(39-4)18-26(23)27/h6-11,17-20H,12-16,21H2,1-5H3. The number of nitrogens with zero attached hydrogens (tertiary/aromatic N) is 3. The van der Waals surface area contributed by atoms with Crippen LogP contribution in [0.1, 0.15) is 16.8 Å². The summed E-state index contributed by atoms with van der Waals surface area (Å²) in [5, 5.41) is 2.18. The molecule has 0 bridgehead atoms. The van der Waals surface area contributed by atoms with Crippen molar-refractivity contribution in [2.75, 3.05) is 66.6 Å². The van der Waals surface area contributed by atoms with Gasteiger partial charge in [0, 0.05) is 56.4 Å². The number of hydrogen-bond acceptors (Lipinski definition) is 8. The van der Waals surface area contributed by atoms with Crippen LogP contribution in [0.15, 0.2) is 60.8 Å². The molecule has 1 aliphatic heterocycles. The Bertz CT molecular complexity index is 1450. The third-order valence-corrected chi connectivity index (χ3v) is 7.58. The van der Waals surface area contributed by atoms with Crippen LogP contribution in [0.2, 0.25) is 0 Å². The first-order valence-corrected chi connectivity index (χ1v) is 13.4. The van der Waals surface area contributed by atoms with Gasteiger partial charge in [-0.15, -0.1) is 0 Å². The van der Waals surface area contributed by atoms with Crippen LogP contribution < -0.4 is 28.6 Å². The van der Waals surface area contributed by atoms with Crippen LogP contribution >= 0.6 is 0 Å². The topological polar surface area (TPSA) is 65.5 Å². The monoisotopic (exact) mass is 543 g/mol. The fourth-order valence-electron chi connectivity index (χ4n) is 5.33. The number of anilines is 1. The van der Waals surface area contributed by atoms with Gasteiger partial charge in [-0.2, -0.15) is 0 Å². The first-order chi connectivity index (χ1) is 19.6. The Morgan fingerprint density at radius 1 is 0.650 bits per heavy atom. The van der Waals surface area contributed by atoms with Crippen molar-refractivity contribution >= 4 is 16.5 Å². The highest BCUT2D eigenvalue weighted by Crippen LogP contribution is 2.36. The van der Waals surface area contributed by atoms with Crippen molar-refractivity contribution in [3.63, 3.8) is 0 Å². The molecule has 0 saturated carbocycles. The van der Waals surface area contributed by atoms with Gasteiger partial charge in [-0.3, -0.25) is 9.88 Å². The maximum Gasteiger partial charge on any atom is 0.161 e. The zero-order valence-electron chi connectivity index (χ0n) is 23.9. The number of piperazine rings is 1. The molecule has 1 aliphatic rings. The Labute approximate surface area is 236 Å². The summed E-state index contributed by atoms with van der Waals surface area (Å²) < 4.78 is 27.6. The van der Waals surface area contributed by atoms with Gasteiger partial charge in [0.2, 0.25) is 0 Å². The van der Waals surface area contributed by atoms with Gasteiger partial charge < -0.3 is 28.6 Å². The van der Waals surface area contributed by atoms with E-state index in [-0.39, 0.29) is 0 Å². The third-order valence-electron chi connectivity index (χ3n) is 7.58. The second-order valence-corrected chi connectivity index (χ2v) is 9.81. The molecule has 8 nitrogen and oxygen atoms in total. The van der Waals surface area contributed by atoms with E-state index in [1.54, 1.807) is 35.5 Å². The van der Waals surface area contributed by atoms with E-state index in [9.17, 15) is 0 Å². The largest absolute Gasteiger partial charge is 0.497 e. The summed E-state index contributed by atoms with van der Waals surface area (Å²) in [5.41, 5.74) is 4.45. The van der Waals surface area contributed by atoms with E-state index < -0.39 is 0 Å². The number of hydrogen-bond donors (Lipinski definition) is 0. The highest BCUT2D eigenvalue weighted by Gasteiger charge is 2.20. The van der Waals surface area contributed by atoms with Crippen LogP contribution in [0.4, 0.5) is 5.69 Å². The summed E-state index contributed by atoms with van der Waals surface area (Å²) in [7, 11) is 8.33. The Morgan fingerprint density at radius 3 is 1.90 bits per heavy atom. The van der Waals surface area contributed by atoms with Crippen LogP contribution in [0, 0.1) is 0 Å². The lowest BCUT2D eigenvalue weighted by Gasteiger charge is -2.36. The van der Waals surface area contributed by atoms with E-state index in [1.165, 1.54) is 11.3 Å². The van der Waals surface area contributed by atoms with Gasteiger partial charge in [-0.25, -0.2) is 0 Å². The number of fused-ring (bicyclic) bond motifs is 1. The second kappa shape index (κ2) is 12.3. The smallest absolute Gasteiger partial charge is 0.161 e. The maximum atomic E-state index is 5.68. The summed E-state index contributed by atoms with van der Waals surface area (Å²) in [6.07, 6.45) is 2.66. The van der Waals surface area contributed by atoms with Crippen molar-refractivity contribution in [2.45, 2.75) is 13.0 Å². The first-order valence-electron chi connectivity index (χ1n) is 13.4. The number of rotatable bonds is 10. The average Bonchev–Trinajstić information content (AvgIpc) is 3.01. The van der Waals surface area contributed by atoms with Crippen LogP contribution in [0.5, 0.6) is 28.7 Å². The highest BCUT2D eigenvalue weighted by molar-refractivity contribution is 5.91. The first kappa shape index (κ1) is 27.4. The summed E-state index contributed by atoms with van der Waals surface area (Å²) >= 11 is 0. The quantitative estimate of drug-likeness (QED) is 0.271. The van der Waals surface area contributed by atoms with E-state index >= 15 is 0 Å². The molecule has 3 aromatic carbocycles. The van der Waals surface area contributed by atoms with E-state index in [1.807, 2.05) is 42.6 Å². The molecule has 1 fully saturated rings. The predicted molar refractivity (Wildman–Crippen MR) is 158 cm³/mol. The molecule has 0 spiro atoms. The number of benzene rings is 3. The Balaban J connectivity index is 1.40. The molecule has 1 saturated heterocycles. The zero-order valence-corrected chi connectivity index (χ0v) is 23.9. The highest BCUT2D eigenvalue weighted by atomic mass is 16.5. The van der Waals surface area contributed by atoms with Gasteiger partial charge in [0.05, 0.1) is 41.2 Å². The molecule has 0 unspecified atom stereocenters. The SMILES string of the molecule is COc1ccc(N2CCN(Cc3cnc(Cc4ccc(OC)c(OC)c4)c4cc(OC)c(OC)cc34)CC2)cc1. The van der Waals surface area contributed by atoms with E-state index in [0.717, 1.165) is 60.5 Å². The zero-order chi connectivity index (χ0) is 28.1. The minimum atomic E-state index is 0.646. The van der Waals surface area contributed by atoms with Crippen molar-refractivity contribution in [1.29, 1.82) is 0 Å². The fourth-order valence-corrected chi connectivity index (χ4v) is 5.33. The maximum absolute atomic E-state index is 5.68. The molecule has 5 rings (SSSR count). The number of aromatic nitrogens is 1. The van der Waals surface area contributed by atoms with Crippen molar-refractivity contribution in [1.82, 2.24) is 9.88 Å². The molecular weight excluding hydrogens is 506 g/mol. The number of methoxy groups -OCH3 is 5. The minimum Gasteiger partial charge on any atom is -0.497 e. The van der Waals surface area contributed by atoms with Crippen molar-refractivity contribution < 1.29 is 23.7 Å². The Morgan fingerprint density at radius 2 is 1.27 bits per heavy atom. The molecule has 0 amide bonds. The summed E-state index contributed by atoms with van der Waals surface area (Å²) in [6, 6.07) is 18.4. The van der Waals surface area contributed by atoms with Gasteiger partial charge in [0.25, 0.3) is 0 Å². The van der Waals surface area contributed by atoms with Gasteiger partial charge in [-0.1, -0.05) is 6.07 Å². The summed E-state index contributed by atoms with van der Waals surface area (Å²) in [5.74, 6) is 3.69. The van der Waals surface area contributed by atoms with Crippen molar-refractivity contribution in [2.24, 2.45) is 0 Å². The molecule has 1 aromatic heterocycles. The molecule has 8 heteroatoms. The lowest BCUT2D eigenvalue weighted by atomic mass is 9.99. The molecule has 210 valence electrons. The molecule has 0 atom stereocenters. The van der Waals surface area contributed by atoms with Crippen LogP contribution in [-0.2, 0) is 13.0 Å².